The van der Waals surface area contributed by atoms with E-state index in [1.165, 1.54) is 13.2 Å². The van der Waals surface area contributed by atoms with Crippen LogP contribution in [0.3, 0.4) is 0 Å². The number of nitrogens with zero attached hydrogens (tertiary/aromatic N) is 2. The number of halogens is 1. The van der Waals surface area contributed by atoms with Crippen LogP contribution in [0.1, 0.15) is 0 Å². The van der Waals surface area contributed by atoms with Crippen molar-refractivity contribution >= 4 is 29.5 Å². The van der Waals surface area contributed by atoms with Crippen molar-refractivity contribution in [2.45, 2.75) is 0 Å². The lowest BCUT2D eigenvalue weighted by Gasteiger charge is -2.06. The number of nitrogen functional groups attached to an aromatic ring is 1. The molecule has 0 saturated carbocycles. The summed E-state index contributed by atoms with van der Waals surface area (Å²) in [4.78, 5) is 18.0. The molecule has 76 valence electrons. The Bertz CT molecular complexity index is 325. The first-order valence-electron chi connectivity index (χ1n) is 3.52. The Morgan fingerprint density at radius 3 is 2.93 bits per heavy atom. The van der Waals surface area contributed by atoms with Gasteiger partial charge in [-0.3, -0.25) is 5.43 Å². The van der Waals surface area contributed by atoms with Gasteiger partial charge >= 0.3 is 6.09 Å². The van der Waals surface area contributed by atoms with E-state index < -0.39 is 6.09 Å². The van der Waals surface area contributed by atoms with Crippen LogP contribution in [-0.4, -0.2) is 23.2 Å². The third kappa shape index (κ3) is 2.94. The Kier molecular flexibility index (Phi) is 3.29. The van der Waals surface area contributed by atoms with Crippen molar-refractivity contribution in [2.24, 2.45) is 0 Å². The number of methoxy groups -OCH3 is 1. The molecule has 0 aliphatic heterocycles. The topological polar surface area (TPSA) is 102 Å². The Balaban J connectivity index is 2.63. The van der Waals surface area contributed by atoms with E-state index in [2.05, 4.69) is 25.6 Å². The van der Waals surface area contributed by atoms with Crippen molar-refractivity contribution in [3.63, 3.8) is 0 Å². The SMILES string of the molecule is COC(=O)NNc1cc(Cl)nc(N)n1. The van der Waals surface area contributed by atoms with Crippen LogP contribution in [0.2, 0.25) is 5.15 Å². The molecular formula is C6H8ClN5O2. The van der Waals surface area contributed by atoms with E-state index in [4.69, 9.17) is 17.3 Å². The van der Waals surface area contributed by atoms with E-state index >= 15 is 0 Å². The molecule has 0 aliphatic carbocycles. The smallest absolute Gasteiger partial charge is 0.425 e. The molecule has 1 rings (SSSR count). The maximum absolute atomic E-state index is 10.7. The number of carbonyl (C=O) groups excluding carboxylic acids is 1. The molecule has 0 aliphatic rings. The molecule has 1 heterocycles. The molecule has 0 fully saturated rings. The first-order chi connectivity index (χ1) is 6.61. The number of rotatable bonds is 2. The van der Waals surface area contributed by atoms with Crippen molar-refractivity contribution in [1.82, 2.24) is 15.4 Å². The van der Waals surface area contributed by atoms with Gasteiger partial charge in [0.2, 0.25) is 5.95 Å². The van der Waals surface area contributed by atoms with Crippen molar-refractivity contribution in [2.75, 3.05) is 18.3 Å². The van der Waals surface area contributed by atoms with Crippen LogP contribution in [0.4, 0.5) is 16.6 Å². The average Bonchev–Trinajstić information content (AvgIpc) is 2.12. The number of nitrogens with two attached hydrogens (primary N) is 1. The highest BCUT2D eigenvalue weighted by atomic mass is 35.5. The summed E-state index contributed by atoms with van der Waals surface area (Å²) in [6.07, 6.45) is -0.654. The van der Waals surface area contributed by atoms with Gasteiger partial charge in [0.1, 0.15) is 5.15 Å². The second-order valence-corrected chi connectivity index (χ2v) is 2.56. The van der Waals surface area contributed by atoms with Gasteiger partial charge in [0, 0.05) is 6.07 Å². The van der Waals surface area contributed by atoms with Gasteiger partial charge in [0.25, 0.3) is 0 Å². The third-order valence-corrected chi connectivity index (χ3v) is 1.38. The number of hydrazine groups is 1. The third-order valence-electron chi connectivity index (χ3n) is 1.19. The molecule has 0 bridgehead atoms. The van der Waals surface area contributed by atoms with Crippen molar-refractivity contribution in [3.8, 4) is 0 Å². The molecule has 1 aromatic heterocycles. The molecule has 0 spiro atoms. The zero-order valence-electron chi connectivity index (χ0n) is 7.24. The van der Waals surface area contributed by atoms with Crippen LogP contribution in [0, 0.1) is 0 Å². The standard InChI is InChI=1S/C6H8ClN5O2/c1-14-6(13)12-11-4-2-3(7)9-5(8)10-4/h2H,1H3,(H,12,13)(H3,8,9,10,11). The minimum absolute atomic E-state index is 0.00617. The van der Waals surface area contributed by atoms with Gasteiger partial charge < -0.3 is 10.5 Å². The number of anilines is 2. The van der Waals surface area contributed by atoms with Crippen molar-refractivity contribution < 1.29 is 9.53 Å². The van der Waals surface area contributed by atoms with Gasteiger partial charge in [-0.05, 0) is 0 Å². The Hall–Kier alpha value is -1.76. The highest BCUT2D eigenvalue weighted by Crippen LogP contribution is 2.11. The minimum atomic E-state index is -0.654. The summed E-state index contributed by atoms with van der Waals surface area (Å²) in [6.45, 7) is 0. The number of aromatic nitrogens is 2. The Morgan fingerprint density at radius 1 is 1.64 bits per heavy atom. The molecule has 0 aromatic carbocycles. The Labute approximate surface area is 84.6 Å². The predicted octanol–water partition coefficient (Wildman–Crippen LogP) is 0.395. The summed E-state index contributed by atoms with van der Waals surface area (Å²) in [7, 11) is 1.23. The summed E-state index contributed by atoms with van der Waals surface area (Å²) in [6, 6.07) is 1.40. The number of hydrogen-bond acceptors (Lipinski definition) is 6. The summed E-state index contributed by atoms with van der Waals surface area (Å²) in [5.74, 6) is 0.277. The number of nitrogens with one attached hydrogen (secondary N) is 2. The molecule has 1 amide bonds. The quantitative estimate of drug-likeness (QED) is 0.489. The molecule has 0 saturated heterocycles. The fourth-order valence-corrected chi connectivity index (χ4v) is 0.855. The molecule has 0 radical (unpaired) electrons. The first kappa shape index (κ1) is 10.3. The second-order valence-electron chi connectivity index (χ2n) is 2.18. The number of amides is 1. The molecule has 14 heavy (non-hydrogen) atoms. The van der Waals surface area contributed by atoms with Gasteiger partial charge in [-0.15, -0.1) is 0 Å². The van der Waals surface area contributed by atoms with Gasteiger partial charge in [0.15, 0.2) is 5.82 Å². The molecule has 0 unspecified atom stereocenters. The van der Waals surface area contributed by atoms with Crippen LogP contribution in [-0.2, 0) is 4.74 Å². The molecule has 4 N–H and O–H groups in total. The summed E-state index contributed by atoms with van der Waals surface area (Å²) >= 11 is 5.58. The lowest BCUT2D eigenvalue weighted by molar-refractivity contribution is 0.173. The van der Waals surface area contributed by atoms with Gasteiger partial charge in [-0.25, -0.2) is 15.2 Å². The maximum Gasteiger partial charge on any atom is 0.425 e. The fraction of sp³-hybridized carbons (Fsp3) is 0.167. The zero-order chi connectivity index (χ0) is 10.6. The Morgan fingerprint density at radius 2 is 2.36 bits per heavy atom. The largest absolute Gasteiger partial charge is 0.452 e. The molecule has 7 nitrogen and oxygen atoms in total. The van der Waals surface area contributed by atoms with E-state index in [1.54, 1.807) is 0 Å². The van der Waals surface area contributed by atoms with Gasteiger partial charge in [-0.1, -0.05) is 11.6 Å². The number of carbonyl (C=O) groups is 1. The summed E-state index contributed by atoms with van der Waals surface area (Å²) in [5, 5.41) is 0.173. The number of hydrogen-bond donors (Lipinski definition) is 3. The van der Waals surface area contributed by atoms with E-state index in [1.807, 2.05) is 0 Å². The van der Waals surface area contributed by atoms with Crippen LogP contribution >= 0.6 is 11.6 Å². The monoisotopic (exact) mass is 217 g/mol. The van der Waals surface area contributed by atoms with Crippen LogP contribution in [0.25, 0.3) is 0 Å². The molecule has 0 atom stereocenters. The predicted molar refractivity (Wildman–Crippen MR) is 50.6 cm³/mol. The van der Waals surface area contributed by atoms with Crippen LogP contribution in [0.5, 0.6) is 0 Å². The van der Waals surface area contributed by atoms with E-state index in [0.717, 1.165) is 0 Å². The minimum Gasteiger partial charge on any atom is -0.452 e. The molecule has 8 heteroatoms. The normalized spacial score (nSPS) is 9.29. The average molecular weight is 218 g/mol. The highest BCUT2D eigenvalue weighted by Gasteiger charge is 2.01. The lowest BCUT2D eigenvalue weighted by Crippen LogP contribution is -2.29. The van der Waals surface area contributed by atoms with E-state index in [9.17, 15) is 4.79 Å². The molecule has 1 aromatic rings. The first-order valence-corrected chi connectivity index (χ1v) is 3.89. The van der Waals surface area contributed by atoms with Crippen molar-refractivity contribution in [1.29, 1.82) is 0 Å². The van der Waals surface area contributed by atoms with E-state index in [-0.39, 0.29) is 16.9 Å². The maximum atomic E-state index is 10.7. The van der Waals surface area contributed by atoms with Crippen molar-refractivity contribution in [3.05, 3.63) is 11.2 Å². The van der Waals surface area contributed by atoms with E-state index in [0.29, 0.717) is 0 Å². The fourth-order valence-electron chi connectivity index (χ4n) is 0.665. The van der Waals surface area contributed by atoms with Gasteiger partial charge in [0.05, 0.1) is 7.11 Å². The highest BCUT2D eigenvalue weighted by molar-refractivity contribution is 6.29. The summed E-state index contributed by atoms with van der Waals surface area (Å²) < 4.78 is 4.31. The lowest BCUT2D eigenvalue weighted by atomic mass is 10.6. The molecular weight excluding hydrogens is 210 g/mol. The van der Waals surface area contributed by atoms with Crippen LogP contribution < -0.4 is 16.6 Å². The second kappa shape index (κ2) is 4.47. The summed E-state index contributed by atoms with van der Waals surface area (Å²) in [5.41, 5.74) is 9.93. The van der Waals surface area contributed by atoms with Gasteiger partial charge in [-0.2, -0.15) is 4.98 Å². The zero-order valence-corrected chi connectivity index (χ0v) is 8.00. The van der Waals surface area contributed by atoms with Crippen LogP contribution in [0.15, 0.2) is 6.07 Å². The number of ether oxygens (including phenoxy) is 1.